The zero-order valence-electron chi connectivity index (χ0n) is 20.2. The van der Waals surface area contributed by atoms with Gasteiger partial charge in [-0.15, -0.1) is 11.6 Å². The molecule has 3 nitrogen and oxygen atoms in total. The number of para-hydroxylation sites is 1. The number of fused-ring (bicyclic) bond motifs is 3. The molecular weight excluding hydrogens is 510 g/mol. The Morgan fingerprint density at radius 2 is 1.53 bits per heavy atom. The van der Waals surface area contributed by atoms with Crippen LogP contribution in [-0.4, -0.2) is 50.0 Å². The molecule has 2 bridgehead atoms. The fraction of sp³-hybridized carbons (Fsp3) is 0.586. The summed E-state index contributed by atoms with van der Waals surface area (Å²) in [6, 6.07) is 20.9. The first-order valence-electron chi connectivity index (χ1n) is 13.1. The van der Waals surface area contributed by atoms with Crippen LogP contribution < -0.4 is 21.7 Å². The van der Waals surface area contributed by atoms with Crippen LogP contribution in [0.5, 0.6) is 5.75 Å². The molecule has 1 saturated carbocycles. The number of hydrogen-bond acceptors (Lipinski definition) is 2. The van der Waals surface area contributed by atoms with Crippen molar-refractivity contribution >= 4 is 11.6 Å². The quantitative estimate of drug-likeness (QED) is 0.257. The van der Waals surface area contributed by atoms with E-state index < -0.39 is 4.87 Å². The molecule has 5 heteroatoms. The summed E-state index contributed by atoms with van der Waals surface area (Å²) in [5.74, 6) is 2.19. The second-order valence-corrected chi connectivity index (χ2v) is 11.3. The molecule has 0 radical (unpaired) electrons. The number of rotatable bonds is 10. The molecule has 2 aromatic carbocycles. The van der Waals surface area contributed by atoms with E-state index in [-0.39, 0.29) is 17.0 Å². The van der Waals surface area contributed by atoms with E-state index in [4.69, 9.17) is 21.1 Å². The van der Waals surface area contributed by atoms with Crippen LogP contribution in [0.1, 0.15) is 50.5 Å². The zero-order valence-corrected chi connectivity index (χ0v) is 22.6. The Morgan fingerprint density at radius 3 is 2.21 bits per heavy atom. The highest BCUT2D eigenvalue weighted by atomic mass is 79.9. The van der Waals surface area contributed by atoms with Gasteiger partial charge >= 0.3 is 0 Å². The first kappa shape index (κ1) is 26.0. The van der Waals surface area contributed by atoms with Crippen molar-refractivity contribution in [3.05, 3.63) is 66.2 Å². The number of halogens is 2. The number of quaternary nitrogens is 1. The van der Waals surface area contributed by atoms with Crippen molar-refractivity contribution in [1.82, 2.24) is 0 Å². The molecular formula is C29H39BrClNO2. The highest BCUT2D eigenvalue weighted by Crippen LogP contribution is 2.46. The molecule has 0 aromatic heterocycles. The Balaban J connectivity index is 0.00000274. The molecule has 4 fully saturated rings. The smallest absolute Gasteiger partial charge is 0.119 e. The summed E-state index contributed by atoms with van der Waals surface area (Å²) in [6.45, 7) is 6.35. The number of benzene rings is 2. The lowest BCUT2D eigenvalue weighted by atomic mass is 9.82. The second kappa shape index (κ2) is 11.8. The van der Waals surface area contributed by atoms with Gasteiger partial charge < -0.3 is 30.9 Å². The maximum absolute atomic E-state index is 7.44. The van der Waals surface area contributed by atoms with Crippen LogP contribution in [0.15, 0.2) is 60.7 Å². The number of nitrogens with zero attached hydrogens (tertiary/aromatic N) is 1. The zero-order chi connectivity index (χ0) is 22.6. The summed E-state index contributed by atoms with van der Waals surface area (Å²) in [5.41, 5.74) is 1.24. The Morgan fingerprint density at radius 1 is 0.882 bits per heavy atom. The number of hydrogen-bond donors (Lipinski definition) is 0. The Hall–Kier alpha value is -1.07. The van der Waals surface area contributed by atoms with Crippen molar-refractivity contribution in [2.24, 2.45) is 11.8 Å². The van der Waals surface area contributed by atoms with Crippen LogP contribution in [0.3, 0.4) is 0 Å². The van der Waals surface area contributed by atoms with Gasteiger partial charge in [0.05, 0.1) is 37.7 Å². The van der Waals surface area contributed by atoms with Crippen molar-refractivity contribution < 1.29 is 30.9 Å². The monoisotopic (exact) mass is 547 g/mol. The fourth-order valence-corrected chi connectivity index (χ4v) is 7.00. The average molecular weight is 549 g/mol. The lowest BCUT2D eigenvalue weighted by Gasteiger charge is -2.53. The molecule has 6 rings (SSSR count). The topological polar surface area (TPSA) is 18.5 Å². The Labute approximate surface area is 221 Å². The molecule has 2 unspecified atom stereocenters. The van der Waals surface area contributed by atoms with Gasteiger partial charge in [-0.25, -0.2) is 0 Å². The van der Waals surface area contributed by atoms with Crippen LogP contribution in [0.2, 0.25) is 0 Å². The maximum Gasteiger partial charge on any atom is 0.119 e. The van der Waals surface area contributed by atoms with Crippen LogP contribution >= 0.6 is 11.6 Å². The summed E-state index contributed by atoms with van der Waals surface area (Å²) in [4.78, 5) is -0.391. The van der Waals surface area contributed by atoms with Crippen LogP contribution in [0.4, 0.5) is 0 Å². The van der Waals surface area contributed by atoms with Gasteiger partial charge in [0, 0.05) is 25.2 Å². The third-order valence-corrected chi connectivity index (χ3v) is 9.23. The minimum Gasteiger partial charge on any atom is -1.00 e. The third kappa shape index (κ3) is 5.83. The SMILES string of the molecule is ClC(COC1C[N+]2(CCCOc3ccccc3)CCC1CC2)(c1ccccc1)C1CCCC1.[Br-]. The predicted molar refractivity (Wildman–Crippen MR) is 135 cm³/mol. The lowest BCUT2D eigenvalue weighted by molar-refractivity contribution is -0.946. The summed E-state index contributed by atoms with van der Waals surface area (Å²) in [6.07, 6.45) is 9.03. The molecule has 0 amide bonds. The van der Waals surface area contributed by atoms with Crippen molar-refractivity contribution in [3.8, 4) is 5.75 Å². The summed E-state index contributed by atoms with van der Waals surface area (Å²) >= 11 is 7.44. The van der Waals surface area contributed by atoms with E-state index in [0.717, 1.165) is 25.3 Å². The van der Waals surface area contributed by atoms with Gasteiger partial charge in [0.15, 0.2) is 0 Å². The van der Waals surface area contributed by atoms with Crippen molar-refractivity contribution in [2.75, 3.05) is 39.4 Å². The van der Waals surface area contributed by atoms with Gasteiger partial charge in [-0.1, -0.05) is 61.4 Å². The van der Waals surface area contributed by atoms with Gasteiger partial charge in [0.1, 0.15) is 18.4 Å². The van der Waals surface area contributed by atoms with E-state index in [2.05, 4.69) is 30.3 Å². The minimum absolute atomic E-state index is 0. The van der Waals surface area contributed by atoms with E-state index >= 15 is 0 Å². The highest BCUT2D eigenvalue weighted by molar-refractivity contribution is 6.24. The van der Waals surface area contributed by atoms with Gasteiger partial charge in [0.25, 0.3) is 0 Å². The first-order valence-corrected chi connectivity index (χ1v) is 13.4. The summed E-state index contributed by atoms with van der Waals surface area (Å²) < 4.78 is 13.9. The second-order valence-electron chi connectivity index (χ2n) is 10.6. The Bertz CT molecular complexity index is 868. The molecule has 3 heterocycles. The number of piperidine rings is 3. The van der Waals surface area contributed by atoms with Crippen molar-refractivity contribution in [2.45, 2.75) is 55.9 Å². The number of ether oxygens (including phenoxy) is 2. The maximum atomic E-state index is 7.44. The molecule has 0 spiro atoms. The molecule has 0 N–H and O–H groups in total. The summed E-state index contributed by atoms with van der Waals surface area (Å²) in [5, 5.41) is 0. The average Bonchev–Trinajstić information content (AvgIpc) is 3.43. The largest absolute Gasteiger partial charge is 1.00 e. The van der Waals surface area contributed by atoms with E-state index in [1.807, 2.05) is 30.3 Å². The molecule has 3 aliphatic heterocycles. The first-order chi connectivity index (χ1) is 16.2. The van der Waals surface area contributed by atoms with Gasteiger partial charge in [0.2, 0.25) is 0 Å². The van der Waals surface area contributed by atoms with Gasteiger partial charge in [-0.3, -0.25) is 0 Å². The van der Waals surface area contributed by atoms with Crippen molar-refractivity contribution in [1.29, 1.82) is 0 Å². The van der Waals surface area contributed by atoms with Crippen LogP contribution in [-0.2, 0) is 9.61 Å². The molecule has 3 saturated heterocycles. The van der Waals surface area contributed by atoms with Crippen LogP contribution in [0.25, 0.3) is 0 Å². The molecule has 2 atom stereocenters. The lowest BCUT2D eigenvalue weighted by Crippen LogP contribution is -3.00. The molecule has 186 valence electrons. The minimum atomic E-state index is -0.391. The normalized spacial score (nSPS) is 28.3. The molecule has 34 heavy (non-hydrogen) atoms. The predicted octanol–water partition coefficient (Wildman–Crippen LogP) is 3.41. The number of alkyl halides is 1. The molecule has 4 aliphatic rings. The van der Waals surface area contributed by atoms with E-state index in [1.54, 1.807) is 0 Å². The third-order valence-electron chi connectivity index (χ3n) is 8.59. The van der Waals surface area contributed by atoms with E-state index in [0.29, 0.717) is 24.5 Å². The van der Waals surface area contributed by atoms with Gasteiger partial charge in [-0.2, -0.15) is 0 Å². The Kier molecular flexibility index (Phi) is 9.01. The van der Waals surface area contributed by atoms with E-state index in [9.17, 15) is 0 Å². The van der Waals surface area contributed by atoms with Crippen LogP contribution in [0, 0.1) is 11.8 Å². The summed E-state index contributed by atoms with van der Waals surface area (Å²) in [7, 11) is 0. The van der Waals surface area contributed by atoms with Crippen molar-refractivity contribution in [3.63, 3.8) is 0 Å². The molecule has 2 aromatic rings. The van der Waals surface area contributed by atoms with E-state index in [1.165, 1.54) is 68.2 Å². The fourth-order valence-electron chi connectivity index (χ4n) is 6.59. The van der Waals surface area contributed by atoms with Gasteiger partial charge in [-0.05, 0) is 36.5 Å². The standard InChI is InChI=1S/C29H39ClNO2.BrH/c30-29(26-12-7-8-13-26,25-10-3-1-4-11-25)23-33-28-22-31(19-16-24(28)17-20-31)18-9-21-32-27-14-5-2-6-15-27;/h1-6,10-11,14-15,24,26,28H,7-9,12-13,16-23H2;1H/q+1;/p-1. The molecule has 1 aliphatic carbocycles. The highest BCUT2D eigenvalue weighted by Gasteiger charge is 2.48.